The summed E-state index contributed by atoms with van der Waals surface area (Å²) in [6.07, 6.45) is 5.08. The highest BCUT2D eigenvalue weighted by Crippen LogP contribution is 2.29. The number of nitrogens with zero attached hydrogens (tertiary/aromatic N) is 5. The molecule has 0 aromatic carbocycles. The molecule has 4 rings (SSSR count). The van der Waals surface area contributed by atoms with Crippen molar-refractivity contribution in [2.45, 2.75) is 12.5 Å². The van der Waals surface area contributed by atoms with Gasteiger partial charge in [-0.3, -0.25) is 0 Å². The van der Waals surface area contributed by atoms with Gasteiger partial charge in [0.05, 0.1) is 24.9 Å². The number of sulfonamides is 1. The molecule has 3 aromatic heterocycles. The van der Waals surface area contributed by atoms with Gasteiger partial charge in [0.15, 0.2) is 11.4 Å². The van der Waals surface area contributed by atoms with Gasteiger partial charge in [-0.15, -0.1) is 0 Å². The number of aromatic nitrogens is 4. The molecule has 1 aliphatic heterocycles. The van der Waals surface area contributed by atoms with E-state index in [2.05, 4.69) is 31.3 Å². The minimum absolute atomic E-state index is 0.0148. The van der Waals surface area contributed by atoms with Crippen LogP contribution in [0.4, 0.5) is 5.82 Å². The first-order chi connectivity index (χ1) is 13.0. The summed E-state index contributed by atoms with van der Waals surface area (Å²) < 4.78 is 25.2. The Hall–Kier alpha value is -3.03. The van der Waals surface area contributed by atoms with Crippen molar-refractivity contribution in [3.8, 4) is 17.5 Å². The summed E-state index contributed by atoms with van der Waals surface area (Å²) in [5.74, 6) is 0.981. The maximum atomic E-state index is 11.9. The van der Waals surface area contributed by atoms with Crippen molar-refractivity contribution in [3.63, 3.8) is 0 Å². The van der Waals surface area contributed by atoms with Crippen LogP contribution < -0.4 is 5.32 Å². The molecule has 1 saturated heterocycles. The van der Waals surface area contributed by atoms with Gasteiger partial charge < -0.3 is 10.3 Å². The van der Waals surface area contributed by atoms with Crippen LogP contribution in [-0.2, 0) is 10.0 Å². The van der Waals surface area contributed by atoms with Crippen LogP contribution in [-0.4, -0.2) is 57.0 Å². The maximum Gasteiger partial charge on any atom is 0.214 e. The third-order valence-electron chi connectivity index (χ3n) is 4.59. The number of pyridine rings is 1. The highest BCUT2D eigenvalue weighted by atomic mass is 32.2. The normalized spacial score (nSPS) is 16.6. The molecular formula is C17H17N7O2S. The van der Waals surface area contributed by atoms with Crippen LogP contribution in [0.5, 0.6) is 0 Å². The number of fused-ring (bicyclic) bond motifs is 1. The number of nitriles is 1. The summed E-state index contributed by atoms with van der Waals surface area (Å²) in [5.41, 5.74) is 0.567. The minimum atomic E-state index is -3.30. The Morgan fingerprint density at radius 2 is 2.07 bits per heavy atom. The van der Waals surface area contributed by atoms with Crippen LogP contribution in [0.15, 0.2) is 36.8 Å². The van der Waals surface area contributed by atoms with Crippen molar-refractivity contribution in [2.24, 2.45) is 0 Å². The smallest absolute Gasteiger partial charge is 0.214 e. The largest absolute Gasteiger partial charge is 0.350 e. The molecule has 3 aromatic rings. The molecule has 9 nitrogen and oxygen atoms in total. The Bertz CT molecular complexity index is 1140. The summed E-state index contributed by atoms with van der Waals surface area (Å²) >= 11 is 0. The van der Waals surface area contributed by atoms with E-state index < -0.39 is 15.6 Å². The number of hydrogen-bond donors (Lipinski definition) is 2. The maximum absolute atomic E-state index is 11.9. The van der Waals surface area contributed by atoms with Crippen molar-refractivity contribution in [3.05, 3.63) is 36.8 Å². The summed E-state index contributed by atoms with van der Waals surface area (Å²) in [4.78, 5) is 16.1. The van der Waals surface area contributed by atoms with Crippen LogP contribution in [0.2, 0.25) is 0 Å². The lowest BCUT2D eigenvalue weighted by Crippen LogP contribution is -2.66. The molecule has 0 spiro atoms. The molecule has 0 radical (unpaired) electrons. The molecule has 1 aliphatic rings. The lowest BCUT2D eigenvalue weighted by Gasteiger charge is -2.44. The molecule has 1 fully saturated rings. The quantitative estimate of drug-likeness (QED) is 0.681. The highest BCUT2D eigenvalue weighted by molar-refractivity contribution is 7.89. The van der Waals surface area contributed by atoms with Gasteiger partial charge in [-0.1, -0.05) is 0 Å². The van der Waals surface area contributed by atoms with Crippen molar-refractivity contribution < 1.29 is 8.42 Å². The number of H-pyrrole nitrogens is 1. The summed E-state index contributed by atoms with van der Waals surface area (Å²) in [5, 5.41) is 13.5. The molecule has 0 bridgehead atoms. The lowest BCUT2D eigenvalue weighted by atomic mass is 9.94. The van der Waals surface area contributed by atoms with Crippen LogP contribution in [0.3, 0.4) is 0 Å². The zero-order valence-corrected chi connectivity index (χ0v) is 15.4. The standard InChI is InChI=1S/C17H17N7O2S/c1-2-27(25,26)24-10-17(9-18,11-24)23-14-5-8-21-16(22-14)13-4-7-20-15-12(13)3-6-19-15/h3-8H,2,10-11H2,1H3,(H,19,20)(H,21,22,23). The second kappa shape index (κ2) is 6.29. The zero-order valence-electron chi connectivity index (χ0n) is 14.5. The fourth-order valence-electron chi connectivity index (χ4n) is 3.07. The monoisotopic (exact) mass is 383 g/mol. The molecule has 2 N–H and O–H groups in total. The van der Waals surface area contributed by atoms with E-state index >= 15 is 0 Å². The number of aromatic amines is 1. The van der Waals surface area contributed by atoms with Crippen LogP contribution >= 0.6 is 0 Å². The summed E-state index contributed by atoms with van der Waals surface area (Å²) in [6.45, 7) is 1.77. The lowest BCUT2D eigenvalue weighted by molar-refractivity contribution is 0.227. The van der Waals surface area contributed by atoms with Gasteiger partial charge in [0, 0.05) is 29.5 Å². The Morgan fingerprint density at radius 3 is 2.81 bits per heavy atom. The van der Waals surface area contributed by atoms with E-state index in [9.17, 15) is 13.7 Å². The van der Waals surface area contributed by atoms with Gasteiger partial charge >= 0.3 is 0 Å². The third-order valence-corrected chi connectivity index (χ3v) is 6.36. The molecule has 0 aliphatic carbocycles. The van der Waals surface area contributed by atoms with Gasteiger partial charge in [0.1, 0.15) is 11.5 Å². The Morgan fingerprint density at radius 1 is 1.30 bits per heavy atom. The van der Waals surface area contributed by atoms with Gasteiger partial charge in [-0.25, -0.2) is 23.4 Å². The van der Waals surface area contributed by atoms with Crippen molar-refractivity contribution in [1.29, 1.82) is 5.26 Å². The molecule has 0 amide bonds. The van der Waals surface area contributed by atoms with Gasteiger partial charge in [-0.05, 0) is 25.1 Å². The third kappa shape index (κ3) is 3.01. The number of rotatable bonds is 5. The second-order valence-corrected chi connectivity index (χ2v) is 8.61. The van der Waals surface area contributed by atoms with Crippen molar-refractivity contribution in [1.82, 2.24) is 24.2 Å². The van der Waals surface area contributed by atoms with Crippen molar-refractivity contribution >= 4 is 26.9 Å². The fourth-order valence-corrected chi connectivity index (χ4v) is 4.27. The van der Waals surface area contributed by atoms with Crippen LogP contribution in [0, 0.1) is 11.3 Å². The van der Waals surface area contributed by atoms with Gasteiger partial charge in [-0.2, -0.15) is 9.57 Å². The first kappa shape index (κ1) is 17.4. The van der Waals surface area contributed by atoms with E-state index in [1.54, 1.807) is 31.6 Å². The zero-order chi connectivity index (χ0) is 19.1. The van der Waals surface area contributed by atoms with Gasteiger partial charge in [0.25, 0.3) is 0 Å². The van der Waals surface area contributed by atoms with E-state index in [0.717, 1.165) is 16.6 Å². The Balaban J connectivity index is 1.61. The molecule has 0 saturated carbocycles. The fraction of sp³-hybridized carbons (Fsp3) is 0.294. The van der Waals surface area contributed by atoms with Crippen LogP contribution in [0.25, 0.3) is 22.4 Å². The number of nitrogens with one attached hydrogen (secondary N) is 2. The molecule has 0 atom stereocenters. The van der Waals surface area contributed by atoms with Crippen molar-refractivity contribution in [2.75, 3.05) is 24.2 Å². The van der Waals surface area contributed by atoms with E-state index in [4.69, 9.17) is 0 Å². The first-order valence-electron chi connectivity index (χ1n) is 8.39. The average molecular weight is 383 g/mol. The Kier molecular flexibility index (Phi) is 4.05. The topological polar surface area (TPSA) is 128 Å². The molecular weight excluding hydrogens is 366 g/mol. The number of hydrogen-bond acceptors (Lipinski definition) is 7. The first-order valence-corrected chi connectivity index (χ1v) is 10.00. The van der Waals surface area contributed by atoms with Gasteiger partial charge in [0.2, 0.25) is 10.0 Å². The molecule has 138 valence electrons. The molecule has 4 heterocycles. The molecule has 0 unspecified atom stereocenters. The van der Waals surface area contributed by atoms with E-state index in [1.165, 1.54) is 4.31 Å². The highest BCUT2D eigenvalue weighted by Gasteiger charge is 2.48. The SMILES string of the molecule is CCS(=O)(=O)N1CC(C#N)(Nc2ccnc(-c3ccnc4[nH]ccc34)n2)C1. The molecule has 10 heteroatoms. The predicted octanol–water partition coefficient (Wildman–Crippen LogP) is 1.36. The average Bonchev–Trinajstić information content (AvgIpc) is 3.13. The number of anilines is 1. The molecule has 27 heavy (non-hydrogen) atoms. The summed E-state index contributed by atoms with van der Waals surface area (Å²) in [6, 6.07) is 7.57. The summed E-state index contributed by atoms with van der Waals surface area (Å²) in [7, 11) is -3.30. The predicted molar refractivity (Wildman–Crippen MR) is 100 cm³/mol. The van der Waals surface area contributed by atoms with E-state index in [-0.39, 0.29) is 18.8 Å². The second-order valence-electron chi connectivity index (χ2n) is 6.35. The van der Waals surface area contributed by atoms with E-state index in [1.807, 2.05) is 12.1 Å². The van der Waals surface area contributed by atoms with Crippen LogP contribution in [0.1, 0.15) is 6.92 Å². The minimum Gasteiger partial charge on any atom is -0.350 e. The van der Waals surface area contributed by atoms with E-state index in [0.29, 0.717) is 11.6 Å². The Labute approximate surface area is 156 Å².